The fraction of sp³-hybridized carbons (Fsp3) is 0.200. The molecule has 0 aliphatic carbocycles. The molecule has 3 N–H and O–H groups in total. The number of benzene rings is 2. The van der Waals surface area contributed by atoms with E-state index in [1.807, 2.05) is 0 Å². The highest BCUT2D eigenvalue weighted by molar-refractivity contribution is 6.33. The number of nitrogen functional groups attached to an aromatic ring is 1. The van der Waals surface area contributed by atoms with Gasteiger partial charge in [-0.1, -0.05) is 41.9 Å². The first-order chi connectivity index (χ1) is 9.63. The van der Waals surface area contributed by atoms with Gasteiger partial charge in [0.25, 0.3) is 0 Å². The summed E-state index contributed by atoms with van der Waals surface area (Å²) in [7, 11) is 0. The van der Waals surface area contributed by atoms with Crippen molar-refractivity contribution in [1.82, 2.24) is 0 Å². The number of rotatable bonds is 2. The molecule has 0 amide bonds. The summed E-state index contributed by atoms with van der Waals surface area (Å²) < 4.78 is 38.3. The summed E-state index contributed by atoms with van der Waals surface area (Å²) in [4.78, 5) is 0. The van der Waals surface area contributed by atoms with Crippen LogP contribution in [0.4, 0.5) is 18.9 Å². The van der Waals surface area contributed by atoms with Gasteiger partial charge >= 0.3 is 6.18 Å². The predicted molar refractivity (Wildman–Crippen MR) is 76.9 cm³/mol. The lowest BCUT2D eigenvalue weighted by Crippen LogP contribution is -2.39. The Morgan fingerprint density at radius 3 is 2.10 bits per heavy atom. The van der Waals surface area contributed by atoms with Gasteiger partial charge in [0.15, 0.2) is 5.60 Å². The van der Waals surface area contributed by atoms with E-state index in [1.165, 1.54) is 24.3 Å². The van der Waals surface area contributed by atoms with Crippen LogP contribution >= 0.6 is 11.6 Å². The lowest BCUT2D eigenvalue weighted by Gasteiger charge is -2.26. The van der Waals surface area contributed by atoms with Crippen LogP contribution in [0.5, 0.6) is 0 Å². The molecule has 0 saturated carbocycles. The summed E-state index contributed by atoms with van der Waals surface area (Å²) in [5.41, 5.74) is 4.27. The highest BCUT2D eigenvalue weighted by Gasteiger charge is 2.51. The summed E-state index contributed by atoms with van der Waals surface area (Å²) in [6.45, 7) is 0.720. The Labute approximate surface area is 125 Å². The van der Waals surface area contributed by atoms with E-state index in [9.17, 15) is 18.3 Å². The van der Waals surface area contributed by atoms with Gasteiger partial charge in [-0.2, -0.15) is 13.2 Å². The average Bonchev–Trinajstić information content (AvgIpc) is 2.37. The molecule has 1 unspecified atom stereocenters. The topological polar surface area (TPSA) is 46.2 Å². The zero-order chi connectivity index (χ0) is 15.8. The number of alkyl halides is 3. The van der Waals surface area contributed by atoms with Crippen LogP contribution in [0.3, 0.4) is 0 Å². The Morgan fingerprint density at radius 2 is 1.62 bits per heavy atom. The molecular weight excluding hydrogens is 303 g/mol. The second-order valence-corrected chi connectivity index (χ2v) is 5.29. The van der Waals surface area contributed by atoms with Crippen molar-refractivity contribution in [2.45, 2.75) is 18.7 Å². The first-order valence-corrected chi connectivity index (χ1v) is 6.46. The summed E-state index contributed by atoms with van der Waals surface area (Å²) in [5.74, 6) is 0. The zero-order valence-corrected chi connectivity index (χ0v) is 11.8. The van der Waals surface area contributed by atoms with Crippen molar-refractivity contribution in [2.24, 2.45) is 0 Å². The molecule has 0 fully saturated rings. The summed E-state index contributed by atoms with van der Waals surface area (Å²) in [5, 5.41) is 10.0. The van der Waals surface area contributed by atoms with Crippen molar-refractivity contribution in [3.63, 3.8) is 0 Å². The molecule has 6 heteroatoms. The second kappa shape index (κ2) is 5.24. The summed E-state index contributed by atoms with van der Waals surface area (Å²) >= 11 is 6.06. The molecule has 2 rings (SSSR count). The van der Waals surface area contributed by atoms with Crippen molar-refractivity contribution >= 4 is 17.3 Å². The number of nitrogens with two attached hydrogens (primary N) is 1. The molecule has 0 bridgehead atoms. The lowest BCUT2D eigenvalue weighted by atomic mass is 9.93. The maximum Gasteiger partial charge on any atom is 0.421 e. The van der Waals surface area contributed by atoms with Crippen LogP contribution < -0.4 is 5.73 Å². The molecule has 2 aromatic rings. The Bertz CT molecular complexity index is 651. The maximum absolute atomic E-state index is 12.8. The smallest absolute Gasteiger partial charge is 0.399 e. The van der Waals surface area contributed by atoms with Crippen LogP contribution in [0.15, 0.2) is 42.5 Å². The molecule has 21 heavy (non-hydrogen) atoms. The van der Waals surface area contributed by atoms with E-state index in [0.29, 0.717) is 21.8 Å². The molecule has 0 heterocycles. The van der Waals surface area contributed by atoms with Gasteiger partial charge in [0.2, 0.25) is 0 Å². The van der Waals surface area contributed by atoms with E-state index in [0.717, 1.165) is 6.92 Å². The minimum Gasteiger partial charge on any atom is -0.399 e. The lowest BCUT2D eigenvalue weighted by molar-refractivity contribution is -0.258. The van der Waals surface area contributed by atoms with Gasteiger partial charge in [-0.25, -0.2) is 0 Å². The Hall–Kier alpha value is -1.72. The molecule has 1 atom stereocenters. The minimum absolute atomic E-state index is 0.231. The van der Waals surface area contributed by atoms with E-state index in [4.69, 9.17) is 17.3 Å². The van der Waals surface area contributed by atoms with Gasteiger partial charge in [0, 0.05) is 11.3 Å². The van der Waals surface area contributed by atoms with Crippen LogP contribution in [-0.2, 0) is 5.60 Å². The highest BCUT2D eigenvalue weighted by atomic mass is 35.5. The molecule has 0 radical (unpaired) electrons. The van der Waals surface area contributed by atoms with Crippen LogP contribution in [-0.4, -0.2) is 11.3 Å². The predicted octanol–water partition coefficient (Wildman–Crippen LogP) is 4.36. The van der Waals surface area contributed by atoms with E-state index >= 15 is 0 Å². The number of anilines is 1. The minimum atomic E-state index is -4.74. The number of aliphatic hydroxyl groups is 1. The fourth-order valence-electron chi connectivity index (χ4n) is 1.90. The molecule has 0 saturated heterocycles. The van der Waals surface area contributed by atoms with Crippen molar-refractivity contribution in [3.05, 3.63) is 53.1 Å². The SMILES string of the molecule is CC(O)(c1ccc(-c2ccc(N)cc2Cl)cc1)C(F)(F)F. The largest absolute Gasteiger partial charge is 0.421 e. The van der Waals surface area contributed by atoms with Gasteiger partial charge < -0.3 is 10.8 Å². The monoisotopic (exact) mass is 315 g/mol. The van der Waals surface area contributed by atoms with Crippen molar-refractivity contribution < 1.29 is 18.3 Å². The Kier molecular flexibility index (Phi) is 3.91. The normalized spacial score (nSPS) is 14.8. The van der Waals surface area contributed by atoms with E-state index in [1.54, 1.807) is 18.2 Å². The average molecular weight is 316 g/mol. The van der Waals surface area contributed by atoms with Gasteiger partial charge in [-0.3, -0.25) is 0 Å². The Morgan fingerprint density at radius 1 is 1.05 bits per heavy atom. The molecule has 0 aliphatic rings. The van der Waals surface area contributed by atoms with Crippen LogP contribution in [0.2, 0.25) is 5.02 Å². The molecular formula is C15H13ClF3NO. The van der Waals surface area contributed by atoms with Crippen molar-refractivity contribution in [2.75, 3.05) is 5.73 Å². The highest BCUT2D eigenvalue weighted by Crippen LogP contribution is 2.39. The molecule has 0 aromatic heterocycles. The van der Waals surface area contributed by atoms with E-state index in [2.05, 4.69) is 0 Å². The summed E-state index contributed by atoms with van der Waals surface area (Å²) in [6.07, 6.45) is -4.74. The molecule has 0 spiro atoms. The molecule has 2 aromatic carbocycles. The first kappa shape index (κ1) is 15.7. The second-order valence-electron chi connectivity index (χ2n) is 4.89. The maximum atomic E-state index is 12.8. The third-order valence-corrected chi connectivity index (χ3v) is 3.62. The first-order valence-electron chi connectivity index (χ1n) is 6.08. The molecule has 112 valence electrons. The zero-order valence-electron chi connectivity index (χ0n) is 11.1. The Balaban J connectivity index is 2.40. The third-order valence-electron chi connectivity index (χ3n) is 3.30. The van der Waals surface area contributed by atoms with Gasteiger partial charge in [0.05, 0.1) is 5.02 Å². The van der Waals surface area contributed by atoms with Crippen molar-refractivity contribution in [3.8, 4) is 11.1 Å². The van der Waals surface area contributed by atoms with E-state index < -0.39 is 11.8 Å². The summed E-state index contributed by atoms with van der Waals surface area (Å²) in [6, 6.07) is 10.3. The van der Waals surface area contributed by atoms with Gasteiger partial charge in [-0.15, -0.1) is 0 Å². The standard InChI is InChI=1S/C15H13ClF3NO/c1-14(21,15(17,18)19)10-4-2-9(3-5-10)12-7-6-11(20)8-13(12)16/h2-8,21H,20H2,1H3. The van der Waals surface area contributed by atoms with Crippen LogP contribution in [0, 0.1) is 0 Å². The van der Waals surface area contributed by atoms with Crippen LogP contribution in [0.1, 0.15) is 12.5 Å². The van der Waals surface area contributed by atoms with Gasteiger partial charge in [0.1, 0.15) is 0 Å². The van der Waals surface area contributed by atoms with Gasteiger partial charge in [-0.05, 0) is 30.2 Å². The number of hydrogen-bond donors (Lipinski definition) is 2. The molecule has 0 aliphatic heterocycles. The van der Waals surface area contributed by atoms with Crippen molar-refractivity contribution in [1.29, 1.82) is 0 Å². The fourth-order valence-corrected chi connectivity index (χ4v) is 2.20. The van der Waals surface area contributed by atoms with E-state index in [-0.39, 0.29) is 5.56 Å². The third kappa shape index (κ3) is 2.99. The quantitative estimate of drug-likeness (QED) is 0.809. The van der Waals surface area contributed by atoms with Crippen LogP contribution in [0.25, 0.3) is 11.1 Å². The number of halogens is 4. The molecule has 2 nitrogen and oxygen atoms in total. The number of hydrogen-bond acceptors (Lipinski definition) is 2.